The fourth-order valence-corrected chi connectivity index (χ4v) is 12.9. The Morgan fingerprint density at radius 3 is 0.763 bits per heavy atom. The van der Waals surface area contributed by atoms with Crippen LogP contribution in [0.1, 0.15) is 388 Å². The van der Waals surface area contributed by atoms with Crippen molar-refractivity contribution in [3.63, 3.8) is 0 Å². The van der Waals surface area contributed by atoms with Gasteiger partial charge in [0.25, 0.3) is 0 Å². The number of phosphoric acid groups is 2. The second kappa shape index (κ2) is 67.3. The van der Waals surface area contributed by atoms with Gasteiger partial charge in [-0.05, 0) is 31.6 Å². The minimum absolute atomic E-state index is 0.106. The number of aliphatic hydroxyl groups is 1. The minimum atomic E-state index is -4.95. The first kappa shape index (κ1) is 91.1. The predicted octanol–water partition coefficient (Wildman–Crippen LogP) is 21.7. The molecule has 6 atom stereocenters. The van der Waals surface area contributed by atoms with Crippen molar-refractivity contribution in [3.8, 4) is 0 Å². The Labute approximate surface area is 568 Å². The van der Waals surface area contributed by atoms with E-state index in [1.807, 2.05) is 0 Å². The Hall–Kier alpha value is -1.94. The molecule has 0 aliphatic rings. The van der Waals surface area contributed by atoms with Crippen LogP contribution in [0.15, 0.2) is 0 Å². The van der Waals surface area contributed by atoms with Crippen molar-refractivity contribution >= 4 is 39.5 Å². The summed E-state index contributed by atoms with van der Waals surface area (Å²) >= 11 is 0. The summed E-state index contributed by atoms with van der Waals surface area (Å²) in [6.07, 6.45) is 55.9. The van der Waals surface area contributed by atoms with Gasteiger partial charge in [0.2, 0.25) is 0 Å². The summed E-state index contributed by atoms with van der Waals surface area (Å²) in [5.41, 5.74) is 0. The van der Waals surface area contributed by atoms with Gasteiger partial charge in [-0.1, -0.05) is 336 Å². The Morgan fingerprint density at radius 1 is 0.301 bits per heavy atom. The number of unbranched alkanes of at least 4 members (excludes halogenated alkanes) is 45. The van der Waals surface area contributed by atoms with E-state index >= 15 is 0 Å². The third-order valence-electron chi connectivity index (χ3n) is 17.6. The molecule has 0 spiro atoms. The molecule has 0 aromatic carbocycles. The average molecular weight is 1370 g/mol. The first-order chi connectivity index (χ1) is 45.1. The van der Waals surface area contributed by atoms with Crippen LogP contribution in [0.4, 0.5) is 0 Å². The highest BCUT2D eigenvalue weighted by molar-refractivity contribution is 7.47. The van der Waals surface area contributed by atoms with Crippen molar-refractivity contribution in [1.29, 1.82) is 0 Å². The maximum atomic E-state index is 13.1. The molecule has 0 saturated heterocycles. The predicted molar refractivity (Wildman–Crippen MR) is 377 cm³/mol. The molecule has 0 heterocycles. The normalized spacial score (nSPS) is 14.3. The van der Waals surface area contributed by atoms with Gasteiger partial charge < -0.3 is 33.8 Å². The van der Waals surface area contributed by atoms with E-state index in [-0.39, 0.29) is 25.7 Å². The summed E-state index contributed by atoms with van der Waals surface area (Å²) in [6, 6.07) is 0. The Bertz CT molecular complexity index is 1790. The van der Waals surface area contributed by atoms with E-state index in [9.17, 15) is 43.2 Å². The third-order valence-corrected chi connectivity index (χ3v) is 19.5. The molecule has 19 heteroatoms. The molecule has 0 fully saturated rings. The molecule has 0 aromatic heterocycles. The summed E-state index contributed by atoms with van der Waals surface area (Å²) in [5.74, 6) is -1.26. The Kier molecular flexibility index (Phi) is 65.9. The number of carbonyl (C=O) groups is 4. The molecule has 3 N–H and O–H groups in total. The quantitative estimate of drug-likeness (QED) is 0.0222. The van der Waals surface area contributed by atoms with E-state index in [0.717, 1.165) is 102 Å². The van der Waals surface area contributed by atoms with Gasteiger partial charge in [-0.2, -0.15) is 0 Å². The van der Waals surface area contributed by atoms with Gasteiger partial charge in [0.1, 0.15) is 19.3 Å². The minimum Gasteiger partial charge on any atom is -0.462 e. The van der Waals surface area contributed by atoms with E-state index in [0.29, 0.717) is 25.7 Å². The number of phosphoric ester groups is 2. The highest BCUT2D eigenvalue weighted by Gasteiger charge is 2.30. The topological polar surface area (TPSA) is 237 Å². The molecule has 0 bridgehead atoms. The molecule has 0 saturated carbocycles. The zero-order valence-electron chi connectivity index (χ0n) is 60.4. The standard InChI is InChI=1S/C74H144O17P2/c1-6-10-13-16-18-20-22-23-24-30-33-36-40-43-48-53-58-72(77)85-64-70(91-74(79)60-55-50-45-41-37-34-31-28-26-25-27-29-32-35-38-42-47-51-56-67(5)9-4)66-89-93(82,83)87-62-68(75)61-86-92(80,81)88-65-69(63-84-71(76)57-52-46-15-12-8-3)90-73(78)59-54-49-44-39-21-19-17-14-11-7-2/h67-70,75H,6-66H2,1-5H3,(H,80,81)(H,82,83)/t67?,68-,69+,70+/m0/s1. The molecule has 93 heavy (non-hydrogen) atoms. The van der Waals surface area contributed by atoms with Crippen molar-refractivity contribution in [3.05, 3.63) is 0 Å². The number of rotatable bonds is 74. The number of ether oxygens (including phenoxy) is 4. The van der Waals surface area contributed by atoms with Crippen molar-refractivity contribution in [2.24, 2.45) is 5.92 Å². The Balaban J connectivity index is 5.10. The molecule has 0 radical (unpaired) electrons. The fourth-order valence-electron chi connectivity index (χ4n) is 11.3. The molecule has 17 nitrogen and oxygen atoms in total. The second-order valence-corrected chi connectivity index (χ2v) is 29.8. The van der Waals surface area contributed by atoms with Crippen molar-refractivity contribution in [2.45, 2.75) is 406 Å². The van der Waals surface area contributed by atoms with E-state index in [4.69, 9.17) is 37.0 Å². The number of hydrogen-bond donors (Lipinski definition) is 3. The molecular weight excluding hydrogens is 1220 g/mol. The smallest absolute Gasteiger partial charge is 0.462 e. The lowest BCUT2D eigenvalue weighted by Crippen LogP contribution is -2.30. The molecule has 0 aliphatic carbocycles. The SMILES string of the molecule is CCCCCCCCCCCCCCCCCCC(=O)OC[C@H](COP(=O)(O)OC[C@@H](O)COP(=O)(O)OC[C@@H](COC(=O)CCCCCCC)OC(=O)CCCCCCCCCCCC)OC(=O)CCCCCCCCCCCCCCCCCCCCC(C)CC. The van der Waals surface area contributed by atoms with Crippen LogP contribution >= 0.6 is 15.6 Å². The fraction of sp³-hybridized carbons (Fsp3) is 0.946. The Morgan fingerprint density at radius 2 is 0.516 bits per heavy atom. The van der Waals surface area contributed by atoms with Gasteiger partial charge in [0.05, 0.1) is 26.4 Å². The molecule has 0 rings (SSSR count). The summed E-state index contributed by atoms with van der Waals surface area (Å²) in [4.78, 5) is 72.3. The highest BCUT2D eigenvalue weighted by Crippen LogP contribution is 2.45. The number of hydrogen-bond acceptors (Lipinski definition) is 15. The average Bonchev–Trinajstić information content (AvgIpc) is 1.70. The number of aliphatic hydroxyl groups excluding tert-OH is 1. The molecule has 552 valence electrons. The molecular formula is C74H144O17P2. The summed E-state index contributed by atoms with van der Waals surface area (Å²) in [6.45, 7) is 7.24. The van der Waals surface area contributed by atoms with E-state index in [2.05, 4.69) is 34.6 Å². The molecule has 0 aromatic rings. The summed E-state index contributed by atoms with van der Waals surface area (Å²) in [7, 11) is -9.89. The van der Waals surface area contributed by atoms with Crippen LogP contribution in [0.25, 0.3) is 0 Å². The maximum Gasteiger partial charge on any atom is 0.472 e. The third kappa shape index (κ3) is 67.0. The van der Waals surface area contributed by atoms with Gasteiger partial charge in [0.15, 0.2) is 12.2 Å². The van der Waals surface area contributed by atoms with Gasteiger partial charge >= 0.3 is 39.5 Å². The summed E-state index contributed by atoms with van der Waals surface area (Å²) in [5, 5.41) is 10.6. The highest BCUT2D eigenvalue weighted by atomic mass is 31.2. The van der Waals surface area contributed by atoms with Crippen LogP contribution in [0.2, 0.25) is 0 Å². The molecule has 3 unspecified atom stereocenters. The maximum absolute atomic E-state index is 13.1. The van der Waals surface area contributed by atoms with Crippen LogP contribution < -0.4 is 0 Å². The van der Waals surface area contributed by atoms with E-state index < -0.39 is 97.5 Å². The van der Waals surface area contributed by atoms with Crippen LogP contribution in [-0.2, 0) is 65.4 Å². The van der Waals surface area contributed by atoms with Gasteiger partial charge in [-0.3, -0.25) is 37.3 Å². The van der Waals surface area contributed by atoms with Gasteiger partial charge in [-0.25, -0.2) is 9.13 Å². The zero-order chi connectivity index (χ0) is 68.4. The lowest BCUT2D eigenvalue weighted by atomic mass is 9.99. The van der Waals surface area contributed by atoms with Crippen molar-refractivity contribution < 1.29 is 80.2 Å². The lowest BCUT2D eigenvalue weighted by molar-refractivity contribution is -0.161. The summed E-state index contributed by atoms with van der Waals surface area (Å²) < 4.78 is 68.2. The van der Waals surface area contributed by atoms with Gasteiger partial charge in [-0.15, -0.1) is 0 Å². The van der Waals surface area contributed by atoms with Crippen LogP contribution in [0.5, 0.6) is 0 Å². The van der Waals surface area contributed by atoms with Crippen LogP contribution in [0.3, 0.4) is 0 Å². The zero-order valence-corrected chi connectivity index (χ0v) is 62.2. The number of carbonyl (C=O) groups excluding carboxylic acids is 4. The van der Waals surface area contributed by atoms with Crippen molar-refractivity contribution in [2.75, 3.05) is 39.6 Å². The van der Waals surface area contributed by atoms with Crippen LogP contribution in [-0.4, -0.2) is 96.7 Å². The van der Waals surface area contributed by atoms with E-state index in [1.165, 1.54) is 205 Å². The first-order valence-electron chi connectivity index (χ1n) is 38.7. The number of esters is 4. The monoisotopic (exact) mass is 1370 g/mol. The lowest BCUT2D eigenvalue weighted by Gasteiger charge is -2.21. The van der Waals surface area contributed by atoms with Crippen LogP contribution in [0, 0.1) is 5.92 Å². The van der Waals surface area contributed by atoms with Crippen molar-refractivity contribution in [1.82, 2.24) is 0 Å². The largest absolute Gasteiger partial charge is 0.472 e. The first-order valence-corrected chi connectivity index (χ1v) is 41.7. The van der Waals surface area contributed by atoms with Gasteiger partial charge in [0, 0.05) is 25.7 Å². The molecule has 0 amide bonds. The van der Waals surface area contributed by atoms with E-state index in [1.54, 1.807) is 0 Å². The second-order valence-electron chi connectivity index (χ2n) is 26.9. The molecule has 0 aliphatic heterocycles.